The maximum absolute atomic E-state index is 11.8. The number of ether oxygens (including phenoxy) is 1. The molecule has 3 N–H and O–H groups in total. The fourth-order valence-corrected chi connectivity index (χ4v) is 1.16. The molecule has 0 aliphatic carbocycles. The molecule has 0 amide bonds. The van der Waals surface area contributed by atoms with Crippen LogP contribution in [0.5, 0.6) is 0 Å². The van der Waals surface area contributed by atoms with Crippen LogP contribution in [0, 0.1) is 5.41 Å². The second-order valence-electron chi connectivity index (χ2n) is 4.36. The lowest BCUT2D eigenvalue weighted by Crippen LogP contribution is -2.32. The molecule has 17 heavy (non-hydrogen) atoms. The van der Waals surface area contributed by atoms with Gasteiger partial charge in [0.15, 0.2) is 0 Å². The Balaban J connectivity index is 5.19. The van der Waals surface area contributed by atoms with Crippen molar-refractivity contribution >= 4 is 5.97 Å². The van der Waals surface area contributed by atoms with E-state index < -0.39 is 11.4 Å². The van der Waals surface area contributed by atoms with Crippen LogP contribution in [-0.4, -0.2) is 19.1 Å². The van der Waals surface area contributed by atoms with Gasteiger partial charge in [0.2, 0.25) is 0 Å². The highest BCUT2D eigenvalue weighted by atomic mass is 16.5. The first-order chi connectivity index (χ1) is 7.90. The normalized spacial score (nSPS) is 12.7. The van der Waals surface area contributed by atoms with Crippen LogP contribution >= 0.6 is 0 Å². The van der Waals surface area contributed by atoms with Crippen LogP contribution < -0.4 is 11.1 Å². The molecule has 0 heterocycles. The van der Waals surface area contributed by atoms with Crippen LogP contribution in [0.25, 0.3) is 0 Å². The van der Waals surface area contributed by atoms with E-state index in [-0.39, 0.29) is 0 Å². The summed E-state index contributed by atoms with van der Waals surface area (Å²) in [6, 6.07) is 0. The first kappa shape index (κ1) is 15.6. The van der Waals surface area contributed by atoms with E-state index in [9.17, 15) is 4.79 Å². The minimum Gasteiger partial charge on any atom is -0.461 e. The monoisotopic (exact) mass is 240 g/mol. The van der Waals surface area contributed by atoms with E-state index in [1.54, 1.807) is 13.0 Å². The van der Waals surface area contributed by atoms with Gasteiger partial charge in [-0.05, 0) is 13.3 Å². The van der Waals surface area contributed by atoms with E-state index in [4.69, 9.17) is 10.5 Å². The topological polar surface area (TPSA) is 64.3 Å². The summed E-state index contributed by atoms with van der Waals surface area (Å²) < 4.78 is 4.99. The number of hydrogen-bond acceptors (Lipinski definition) is 4. The molecule has 0 atom stereocenters. The highest BCUT2D eigenvalue weighted by molar-refractivity contribution is 5.88. The fourth-order valence-electron chi connectivity index (χ4n) is 1.16. The van der Waals surface area contributed by atoms with Crippen molar-refractivity contribution in [3.63, 3.8) is 0 Å². The molecule has 0 saturated heterocycles. The van der Waals surface area contributed by atoms with Gasteiger partial charge in [-0.15, -0.1) is 6.58 Å². The summed E-state index contributed by atoms with van der Waals surface area (Å²) in [6.07, 6.45) is 2.62. The summed E-state index contributed by atoms with van der Waals surface area (Å²) >= 11 is 0. The third kappa shape index (κ3) is 4.51. The van der Waals surface area contributed by atoms with Gasteiger partial charge in [0.1, 0.15) is 5.70 Å². The Hall–Kier alpha value is -1.45. The SMILES string of the molecule is C=CC(C)(C)/C(N)=C(/NCCC)C(=O)OCC. The van der Waals surface area contributed by atoms with Crippen LogP contribution in [-0.2, 0) is 9.53 Å². The molecule has 0 fully saturated rings. The Kier molecular flexibility index (Phi) is 6.39. The summed E-state index contributed by atoms with van der Waals surface area (Å²) in [5.74, 6) is -0.409. The summed E-state index contributed by atoms with van der Waals surface area (Å²) in [4.78, 5) is 11.8. The summed E-state index contributed by atoms with van der Waals surface area (Å²) in [5.41, 5.74) is 6.39. The van der Waals surface area contributed by atoms with Crippen molar-refractivity contribution in [2.24, 2.45) is 11.1 Å². The quantitative estimate of drug-likeness (QED) is 0.405. The average Bonchev–Trinajstić information content (AvgIpc) is 2.29. The van der Waals surface area contributed by atoms with Crippen LogP contribution in [0.4, 0.5) is 0 Å². The molecule has 0 bridgehead atoms. The highest BCUT2D eigenvalue weighted by Crippen LogP contribution is 2.25. The number of nitrogens with two attached hydrogens (primary N) is 1. The van der Waals surface area contributed by atoms with Crippen molar-refractivity contribution in [1.29, 1.82) is 0 Å². The van der Waals surface area contributed by atoms with Crippen molar-refractivity contribution in [2.45, 2.75) is 34.1 Å². The standard InChI is InChI=1S/C13H24N2O2/c1-6-9-15-10(12(16)17-8-3)11(14)13(4,5)7-2/h7,15H,2,6,8-9,14H2,1,3-5H3/b11-10-. The summed E-state index contributed by atoms with van der Waals surface area (Å²) in [7, 11) is 0. The van der Waals surface area contributed by atoms with Crippen LogP contribution in [0.15, 0.2) is 24.0 Å². The molecule has 98 valence electrons. The van der Waals surface area contributed by atoms with Gasteiger partial charge >= 0.3 is 5.97 Å². The minimum atomic E-state index is -0.442. The third-order valence-electron chi connectivity index (χ3n) is 2.51. The van der Waals surface area contributed by atoms with Gasteiger partial charge < -0.3 is 15.8 Å². The second-order valence-corrected chi connectivity index (χ2v) is 4.36. The number of allylic oxidation sites excluding steroid dienone is 1. The molecule has 0 aromatic rings. The lowest BCUT2D eigenvalue weighted by molar-refractivity contribution is -0.139. The molecular weight excluding hydrogens is 216 g/mol. The van der Waals surface area contributed by atoms with Crippen molar-refractivity contribution < 1.29 is 9.53 Å². The summed E-state index contributed by atoms with van der Waals surface area (Å²) in [5, 5.41) is 3.03. The molecule has 0 radical (unpaired) electrons. The Bertz CT molecular complexity index is 307. The Morgan fingerprint density at radius 2 is 2.06 bits per heavy atom. The smallest absolute Gasteiger partial charge is 0.356 e. The maximum Gasteiger partial charge on any atom is 0.356 e. The molecule has 0 aliphatic rings. The predicted molar refractivity (Wildman–Crippen MR) is 70.1 cm³/mol. The molecule has 4 nitrogen and oxygen atoms in total. The molecular formula is C13H24N2O2. The van der Waals surface area contributed by atoms with Gasteiger partial charge in [0.25, 0.3) is 0 Å². The third-order valence-corrected chi connectivity index (χ3v) is 2.51. The van der Waals surface area contributed by atoms with Gasteiger partial charge in [-0.2, -0.15) is 0 Å². The number of carbonyl (C=O) groups is 1. The van der Waals surface area contributed by atoms with E-state index in [1.165, 1.54) is 0 Å². The van der Waals surface area contributed by atoms with Gasteiger partial charge in [-0.1, -0.05) is 26.8 Å². The first-order valence-electron chi connectivity index (χ1n) is 5.95. The molecule has 0 aliphatic heterocycles. The minimum absolute atomic E-state index is 0.331. The number of hydrogen-bond donors (Lipinski definition) is 2. The van der Waals surface area contributed by atoms with Crippen molar-refractivity contribution in [2.75, 3.05) is 13.2 Å². The van der Waals surface area contributed by atoms with Crippen LogP contribution in [0.3, 0.4) is 0 Å². The first-order valence-corrected chi connectivity index (χ1v) is 5.95. The average molecular weight is 240 g/mol. The van der Waals surface area contributed by atoms with Gasteiger partial charge in [0.05, 0.1) is 6.61 Å². The molecule has 0 aromatic heterocycles. The molecule has 4 heteroatoms. The Morgan fingerprint density at radius 3 is 2.47 bits per heavy atom. The molecule has 0 rings (SSSR count). The van der Waals surface area contributed by atoms with Crippen molar-refractivity contribution in [3.05, 3.63) is 24.0 Å². The number of esters is 1. The Morgan fingerprint density at radius 1 is 1.47 bits per heavy atom. The predicted octanol–water partition coefficient (Wildman–Crippen LogP) is 1.93. The molecule has 0 saturated carbocycles. The zero-order valence-corrected chi connectivity index (χ0v) is 11.3. The Labute approximate surface area is 104 Å². The maximum atomic E-state index is 11.8. The fraction of sp³-hybridized carbons (Fsp3) is 0.615. The van der Waals surface area contributed by atoms with Crippen molar-refractivity contribution in [3.8, 4) is 0 Å². The lowest BCUT2D eigenvalue weighted by atomic mass is 9.88. The highest BCUT2D eigenvalue weighted by Gasteiger charge is 2.24. The number of rotatable bonds is 7. The largest absolute Gasteiger partial charge is 0.461 e. The van der Waals surface area contributed by atoms with Crippen LogP contribution in [0.1, 0.15) is 34.1 Å². The number of nitrogens with one attached hydrogen (secondary N) is 1. The second kappa shape index (κ2) is 6.99. The van der Waals surface area contributed by atoms with E-state index in [1.807, 2.05) is 20.8 Å². The van der Waals surface area contributed by atoms with Crippen LogP contribution in [0.2, 0.25) is 0 Å². The van der Waals surface area contributed by atoms with Gasteiger partial charge in [0, 0.05) is 17.7 Å². The van der Waals surface area contributed by atoms with E-state index in [2.05, 4.69) is 11.9 Å². The van der Waals surface area contributed by atoms with Gasteiger partial charge in [-0.3, -0.25) is 0 Å². The summed E-state index contributed by atoms with van der Waals surface area (Å²) in [6.45, 7) is 12.3. The van der Waals surface area contributed by atoms with Crippen molar-refractivity contribution in [1.82, 2.24) is 5.32 Å². The van der Waals surface area contributed by atoms with E-state index in [0.717, 1.165) is 6.42 Å². The number of carbonyl (C=O) groups excluding carboxylic acids is 1. The molecule has 0 unspecified atom stereocenters. The molecule has 0 aromatic carbocycles. The van der Waals surface area contributed by atoms with E-state index >= 15 is 0 Å². The lowest BCUT2D eigenvalue weighted by Gasteiger charge is -2.24. The molecule has 0 spiro atoms. The zero-order chi connectivity index (χ0) is 13.5. The zero-order valence-electron chi connectivity index (χ0n) is 11.3. The van der Waals surface area contributed by atoms with Gasteiger partial charge in [-0.25, -0.2) is 4.79 Å². The van der Waals surface area contributed by atoms with E-state index in [0.29, 0.717) is 24.5 Å².